The van der Waals surface area contributed by atoms with Gasteiger partial charge in [0.05, 0.1) is 12.2 Å². The third-order valence-corrected chi connectivity index (χ3v) is 2.56. The van der Waals surface area contributed by atoms with E-state index in [0.717, 1.165) is 12.1 Å². The van der Waals surface area contributed by atoms with E-state index in [1.165, 1.54) is 6.07 Å². The number of alkyl halides is 3. The van der Waals surface area contributed by atoms with Gasteiger partial charge in [0.1, 0.15) is 6.10 Å². The molecule has 1 unspecified atom stereocenters. The molecule has 1 aromatic rings. The van der Waals surface area contributed by atoms with E-state index in [4.69, 9.17) is 4.74 Å². The maximum Gasteiger partial charge on any atom is 0.416 e. The SMILES string of the molecule is CC1OCc2cc(C(F)(F)F)ccc2C1=O. The molecular weight excluding hydrogens is 221 g/mol. The van der Waals surface area contributed by atoms with Crippen LogP contribution in [-0.4, -0.2) is 11.9 Å². The Hall–Kier alpha value is -1.36. The van der Waals surface area contributed by atoms with Crippen LogP contribution in [0, 0.1) is 0 Å². The van der Waals surface area contributed by atoms with Crippen molar-refractivity contribution in [2.24, 2.45) is 0 Å². The van der Waals surface area contributed by atoms with Crippen molar-refractivity contribution in [2.45, 2.75) is 25.8 Å². The zero-order valence-corrected chi connectivity index (χ0v) is 8.47. The van der Waals surface area contributed by atoms with Crippen LogP contribution < -0.4 is 0 Å². The van der Waals surface area contributed by atoms with Crippen LogP contribution in [0.1, 0.15) is 28.4 Å². The first-order valence-electron chi connectivity index (χ1n) is 4.75. The molecule has 0 bridgehead atoms. The number of fused-ring (bicyclic) bond motifs is 1. The summed E-state index contributed by atoms with van der Waals surface area (Å²) in [7, 11) is 0. The minimum Gasteiger partial charge on any atom is -0.366 e. The van der Waals surface area contributed by atoms with Gasteiger partial charge in [-0.05, 0) is 24.6 Å². The smallest absolute Gasteiger partial charge is 0.366 e. The van der Waals surface area contributed by atoms with Gasteiger partial charge in [0.25, 0.3) is 0 Å². The number of rotatable bonds is 0. The monoisotopic (exact) mass is 230 g/mol. The molecule has 0 saturated heterocycles. The maximum absolute atomic E-state index is 12.4. The predicted molar refractivity (Wildman–Crippen MR) is 50.0 cm³/mol. The molecule has 0 saturated carbocycles. The third-order valence-electron chi connectivity index (χ3n) is 2.56. The average Bonchev–Trinajstić information content (AvgIpc) is 2.22. The van der Waals surface area contributed by atoms with Gasteiger partial charge in [0, 0.05) is 5.56 Å². The number of benzene rings is 1. The van der Waals surface area contributed by atoms with Crippen LogP contribution in [0.3, 0.4) is 0 Å². The Bertz CT molecular complexity index is 437. The molecule has 5 heteroatoms. The first-order valence-corrected chi connectivity index (χ1v) is 4.75. The van der Waals surface area contributed by atoms with Crippen molar-refractivity contribution in [2.75, 3.05) is 0 Å². The first-order chi connectivity index (χ1) is 7.39. The average molecular weight is 230 g/mol. The highest BCUT2D eigenvalue weighted by molar-refractivity contribution is 6.01. The molecule has 0 fully saturated rings. The molecule has 2 rings (SSSR count). The van der Waals surface area contributed by atoms with Crippen molar-refractivity contribution >= 4 is 5.78 Å². The van der Waals surface area contributed by atoms with Gasteiger partial charge < -0.3 is 4.74 Å². The summed E-state index contributed by atoms with van der Waals surface area (Å²) < 4.78 is 42.3. The van der Waals surface area contributed by atoms with Gasteiger partial charge in [-0.1, -0.05) is 6.07 Å². The summed E-state index contributed by atoms with van der Waals surface area (Å²) in [5.74, 6) is -0.269. The summed E-state index contributed by atoms with van der Waals surface area (Å²) in [6.45, 7) is 1.63. The van der Waals surface area contributed by atoms with E-state index in [0.29, 0.717) is 11.1 Å². The van der Waals surface area contributed by atoms with Crippen molar-refractivity contribution < 1.29 is 22.7 Å². The second-order valence-electron chi connectivity index (χ2n) is 3.69. The molecule has 0 N–H and O–H groups in total. The highest BCUT2D eigenvalue weighted by Crippen LogP contribution is 2.32. The number of hydrogen-bond acceptors (Lipinski definition) is 2. The van der Waals surface area contributed by atoms with E-state index in [2.05, 4.69) is 0 Å². The van der Waals surface area contributed by atoms with E-state index in [1.54, 1.807) is 6.92 Å². The standard InChI is InChI=1S/C11H9F3O2/c1-6-10(15)9-3-2-8(11(12,13)14)4-7(9)5-16-6/h2-4,6H,5H2,1H3. The molecule has 1 aromatic carbocycles. The molecular formula is C11H9F3O2. The molecule has 1 atom stereocenters. The fourth-order valence-electron chi connectivity index (χ4n) is 1.64. The molecule has 0 aromatic heterocycles. The molecule has 16 heavy (non-hydrogen) atoms. The molecule has 1 heterocycles. The van der Waals surface area contributed by atoms with Crippen LogP contribution in [0.4, 0.5) is 13.2 Å². The predicted octanol–water partition coefficient (Wildman–Crippen LogP) is 2.81. The summed E-state index contributed by atoms with van der Waals surface area (Å²) in [6.07, 6.45) is -4.97. The van der Waals surface area contributed by atoms with Gasteiger partial charge in [0.2, 0.25) is 0 Å². The lowest BCUT2D eigenvalue weighted by Gasteiger charge is -2.21. The van der Waals surface area contributed by atoms with Crippen LogP contribution in [0.2, 0.25) is 0 Å². The number of ketones is 1. The van der Waals surface area contributed by atoms with Crippen LogP contribution >= 0.6 is 0 Å². The number of ether oxygens (including phenoxy) is 1. The lowest BCUT2D eigenvalue weighted by atomic mass is 9.96. The van der Waals surface area contributed by atoms with Crippen molar-refractivity contribution in [3.63, 3.8) is 0 Å². The van der Waals surface area contributed by atoms with Crippen LogP contribution in [0.15, 0.2) is 18.2 Å². The molecule has 1 aliphatic heterocycles. The van der Waals surface area contributed by atoms with Gasteiger partial charge >= 0.3 is 6.18 Å². The van der Waals surface area contributed by atoms with Gasteiger partial charge in [0.15, 0.2) is 5.78 Å². The molecule has 0 aliphatic carbocycles. The third kappa shape index (κ3) is 1.82. The summed E-state index contributed by atoms with van der Waals surface area (Å²) in [5.41, 5.74) is -0.123. The van der Waals surface area contributed by atoms with E-state index < -0.39 is 17.8 Å². The zero-order chi connectivity index (χ0) is 11.9. The summed E-state index contributed by atoms with van der Waals surface area (Å²) in [6, 6.07) is 3.12. The summed E-state index contributed by atoms with van der Waals surface area (Å²) in [5, 5.41) is 0. The lowest BCUT2D eigenvalue weighted by Crippen LogP contribution is -2.27. The van der Waals surface area contributed by atoms with E-state index in [1.807, 2.05) is 0 Å². The van der Waals surface area contributed by atoms with E-state index in [-0.39, 0.29) is 12.4 Å². The van der Waals surface area contributed by atoms with Crippen molar-refractivity contribution in [3.05, 3.63) is 34.9 Å². The van der Waals surface area contributed by atoms with Gasteiger partial charge in [-0.2, -0.15) is 13.2 Å². The van der Waals surface area contributed by atoms with E-state index >= 15 is 0 Å². The Balaban J connectivity index is 2.45. The Kier molecular flexibility index (Phi) is 2.50. The minimum absolute atomic E-state index is 0.0478. The Morgan fingerprint density at radius 2 is 2.06 bits per heavy atom. The van der Waals surface area contributed by atoms with Gasteiger partial charge in [-0.3, -0.25) is 4.79 Å². The number of halogens is 3. The fraction of sp³-hybridized carbons (Fsp3) is 0.364. The molecule has 0 spiro atoms. The maximum atomic E-state index is 12.4. The normalized spacial score (nSPS) is 20.8. The highest BCUT2D eigenvalue weighted by atomic mass is 19.4. The van der Waals surface area contributed by atoms with Crippen molar-refractivity contribution in [1.29, 1.82) is 0 Å². The number of carbonyl (C=O) groups excluding carboxylic acids is 1. The second kappa shape index (κ2) is 3.59. The quantitative estimate of drug-likeness (QED) is 0.685. The van der Waals surface area contributed by atoms with E-state index in [9.17, 15) is 18.0 Å². The van der Waals surface area contributed by atoms with Crippen LogP contribution in [0.25, 0.3) is 0 Å². The summed E-state index contributed by atoms with van der Waals surface area (Å²) in [4.78, 5) is 11.6. The largest absolute Gasteiger partial charge is 0.416 e. The molecule has 0 amide bonds. The highest BCUT2D eigenvalue weighted by Gasteiger charge is 2.33. The minimum atomic E-state index is -4.39. The second-order valence-corrected chi connectivity index (χ2v) is 3.69. The molecule has 1 aliphatic rings. The molecule has 0 radical (unpaired) electrons. The summed E-state index contributed by atoms with van der Waals surface area (Å²) >= 11 is 0. The number of Topliss-reactive ketones (excluding diaryl/α,β-unsaturated/α-hetero) is 1. The Morgan fingerprint density at radius 3 is 2.69 bits per heavy atom. The lowest BCUT2D eigenvalue weighted by molar-refractivity contribution is -0.137. The van der Waals surface area contributed by atoms with Gasteiger partial charge in [-0.15, -0.1) is 0 Å². The fourth-order valence-corrected chi connectivity index (χ4v) is 1.64. The molecule has 2 nitrogen and oxygen atoms in total. The molecule has 86 valence electrons. The Labute approximate surface area is 90.0 Å². The number of carbonyl (C=O) groups is 1. The topological polar surface area (TPSA) is 26.3 Å². The van der Waals surface area contributed by atoms with Crippen molar-refractivity contribution in [3.8, 4) is 0 Å². The van der Waals surface area contributed by atoms with Crippen LogP contribution in [-0.2, 0) is 17.5 Å². The number of hydrogen-bond donors (Lipinski definition) is 0. The Morgan fingerprint density at radius 1 is 1.38 bits per heavy atom. The van der Waals surface area contributed by atoms with Crippen LogP contribution in [0.5, 0.6) is 0 Å². The van der Waals surface area contributed by atoms with Gasteiger partial charge in [-0.25, -0.2) is 0 Å². The first kappa shape index (κ1) is 11.1. The van der Waals surface area contributed by atoms with Crippen molar-refractivity contribution in [1.82, 2.24) is 0 Å². The zero-order valence-electron chi connectivity index (χ0n) is 8.47.